The van der Waals surface area contributed by atoms with Crippen LogP contribution in [0.15, 0.2) is 24.4 Å². The molecule has 2 heterocycles. The second kappa shape index (κ2) is 7.27. The monoisotopic (exact) mass is 356 g/mol. The van der Waals surface area contributed by atoms with E-state index in [4.69, 9.17) is 16.3 Å². The maximum absolute atomic E-state index is 12.3. The van der Waals surface area contributed by atoms with Crippen molar-refractivity contribution in [1.29, 1.82) is 0 Å². The number of halogens is 3. The molecular formula is C16H15ClF2N2O3. The molecular weight excluding hydrogens is 342 g/mol. The number of carbonyl (C=O) groups excluding carboxylic acids is 1. The Morgan fingerprint density at radius 1 is 1.33 bits per heavy atom. The molecule has 1 N–H and O–H groups in total. The van der Waals surface area contributed by atoms with Crippen LogP contribution in [-0.4, -0.2) is 36.8 Å². The molecule has 0 aliphatic carbocycles. The fourth-order valence-electron chi connectivity index (χ4n) is 2.55. The summed E-state index contributed by atoms with van der Waals surface area (Å²) >= 11 is 5.93. The Balaban J connectivity index is 1.81. The van der Waals surface area contributed by atoms with Crippen molar-refractivity contribution in [3.8, 4) is 5.75 Å². The Bertz CT molecular complexity index is 751. The molecule has 1 saturated heterocycles. The predicted molar refractivity (Wildman–Crippen MR) is 84.7 cm³/mol. The van der Waals surface area contributed by atoms with Gasteiger partial charge >= 0.3 is 6.61 Å². The van der Waals surface area contributed by atoms with Crippen molar-refractivity contribution in [2.75, 3.05) is 13.2 Å². The third kappa shape index (κ3) is 3.91. The van der Waals surface area contributed by atoms with Gasteiger partial charge in [0.1, 0.15) is 5.75 Å². The quantitative estimate of drug-likeness (QED) is 0.912. The Morgan fingerprint density at radius 3 is 2.79 bits per heavy atom. The van der Waals surface area contributed by atoms with Gasteiger partial charge in [-0.05, 0) is 25.0 Å². The van der Waals surface area contributed by atoms with Gasteiger partial charge in [0.15, 0.2) is 0 Å². The molecule has 1 aliphatic rings. The SMILES string of the molecule is O=C(NC1CCOCC1)c1cnc2cc(OC(F)F)c(Cl)cc2c1. The lowest BCUT2D eigenvalue weighted by molar-refractivity contribution is -0.0497. The number of alkyl halides is 2. The fourth-order valence-corrected chi connectivity index (χ4v) is 2.77. The summed E-state index contributed by atoms with van der Waals surface area (Å²) in [5.74, 6) is -0.383. The molecule has 0 unspecified atom stereocenters. The van der Waals surface area contributed by atoms with Crippen LogP contribution < -0.4 is 10.1 Å². The Hall–Kier alpha value is -1.99. The molecule has 0 saturated carbocycles. The fraction of sp³-hybridized carbons (Fsp3) is 0.375. The highest BCUT2D eigenvalue weighted by Gasteiger charge is 2.18. The second-order valence-electron chi connectivity index (χ2n) is 5.44. The molecule has 24 heavy (non-hydrogen) atoms. The summed E-state index contributed by atoms with van der Waals surface area (Å²) in [5, 5.41) is 3.54. The molecule has 1 aromatic carbocycles. The number of carbonyl (C=O) groups is 1. The van der Waals surface area contributed by atoms with E-state index in [1.165, 1.54) is 18.3 Å². The van der Waals surface area contributed by atoms with Gasteiger partial charge < -0.3 is 14.8 Å². The van der Waals surface area contributed by atoms with Gasteiger partial charge in [-0.25, -0.2) is 0 Å². The van der Waals surface area contributed by atoms with Crippen LogP contribution in [0.25, 0.3) is 10.9 Å². The normalized spacial score (nSPS) is 15.7. The van der Waals surface area contributed by atoms with E-state index < -0.39 is 6.61 Å². The van der Waals surface area contributed by atoms with Crippen LogP contribution in [0.4, 0.5) is 8.78 Å². The van der Waals surface area contributed by atoms with E-state index in [0.29, 0.717) is 29.7 Å². The van der Waals surface area contributed by atoms with Crippen molar-refractivity contribution < 1.29 is 23.0 Å². The third-order valence-electron chi connectivity index (χ3n) is 3.77. The van der Waals surface area contributed by atoms with Crippen LogP contribution in [-0.2, 0) is 4.74 Å². The molecule has 1 aliphatic heterocycles. The highest BCUT2D eigenvalue weighted by Crippen LogP contribution is 2.30. The van der Waals surface area contributed by atoms with Crippen LogP contribution in [0.2, 0.25) is 5.02 Å². The summed E-state index contributed by atoms with van der Waals surface area (Å²) in [4.78, 5) is 16.4. The first-order valence-corrected chi connectivity index (χ1v) is 7.83. The first-order valence-electron chi connectivity index (χ1n) is 7.45. The molecule has 5 nitrogen and oxygen atoms in total. The van der Waals surface area contributed by atoms with Gasteiger partial charge in [0.05, 0.1) is 16.1 Å². The van der Waals surface area contributed by atoms with Gasteiger partial charge in [0, 0.05) is 36.9 Å². The molecule has 1 fully saturated rings. The summed E-state index contributed by atoms with van der Waals surface area (Å²) in [7, 11) is 0. The summed E-state index contributed by atoms with van der Waals surface area (Å²) in [6.07, 6.45) is 2.94. The van der Waals surface area contributed by atoms with Gasteiger partial charge in [-0.2, -0.15) is 8.78 Å². The first kappa shape index (κ1) is 16.9. The van der Waals surface area contributed by atoms with E-state index in [2.05, 4.69) is 15.0 Å². The van der Waals surface area contributed by atoms with Gasteiger partial charge in [0.2, 0.25) is 0 Å². The van der Waals surface area contributed by atoms with Gasteiger partial charge in [-0.15, -0.1) is 0 Å². The minimum Gasteiger partial charge on any atom is -0.433 e. The number of amides is 1. The zero-order chi connectivity index (χ0) is 17.1. The summed E-state index contributed by atoms with van der Waals surface area (Å²) in [6, 6.07) is 4.47. The van der Waals surface area contributed by atoms with E-state index >= 15 is 0 Å². The van der Waals surface area contributed by atoms with Crippen LogP contribution in [0, 0.1) is 0 Å². The van der Waals surface area contributed by atoms with E-state index in [0.717, 1.165) is 12.8 Å². The molecule has 128 valence electrons. The summed E-state index contributed by atoms with van der Waals surface area (Å²) in [6.45, 7) is -1.71. The van der Waals surface area contributed by atoms with Crippen LogP contribution >= 0.6 is 11.6 Å². The number of nitrogens with one attached hydrogen (secondary N) is 1. The number of hydrogen-bond donors (Lipinski definition) is 1. The highest BCUT2D eigenvalue weighted by molar-refractivity contribution is 6.32. The number of nitrogens with zero attached hydrogens (tertiary/aromatic N) is 1. The molecule has 0 spiro atoms. The van der Waals surface area contributed by atoms with Crippen LogP contribution in [0.5, 0.6) is 5.75 Å². The summed E-state index contributed by atoms with van der Waals surface area (Å²) in [5.41, 5.74) is 0.797. The Kier molecular flexibility index (Phi) is 5.11. The smallest absolute Gasteiger partial charge is 0.387 e. The lowest BCUT2D eigenvalue weighted by atomic mass is 10.1. The number of pyridine rings is 1. The van der Waals surface area contributed by atoms with E-state index in [1.54, 1.807) is 6.07 Å². The largest absolute Gasteiger partial charge is 0.433 e. The highest BCUT2D eigenvalue weighted by atomic mass is 35.5. The molecule has 1 aromatic heterocycles. The van der Waals surface area contributed by atoms with Crippen LogP contribution in [0.1, 0.15) is 23.2 Å². The molecule has 3 rings (SSSR count). The first-order chi connectivity index (χ1) is 11.5. The van der Waals surface area contributed by atoms with Gasteiger partial charge in [-0.1, -0.05) is 11.6 Å². The number of benzene rings is 1. The topological polar surface area (TPSA) is 60.5 Å². The van der Waals surface area contributed by atoms with E-state index in [1.807, 2.05) is 0 Å². The number of fused-ring (bicyclic) bond motifs is 1. The van der Waals surface area contributed by atoms with Gasteiger partial charge in [0.25, 0.3) is 5.91 Å². The zero-order valence-corrected chi connectivity index (χ0v) is 13.4. The third-order valence-corrected chi connectivity index (χ3v) is 4.07. The average Bonchev–Trinajstić information content (AvgIpc) is 2.55. The molecule has 2 aromatic rings. The molecule has 0 radical (unpaired) electrons. The minimum absolute atomic E-state index is 0.0339. The van der Waals surface area contributed by atoms with E-state index in [-0.39, 0.29) is 22.7 Å². The van der Waals surface area contributed by atoms with Crippen molar-refractivity contribution in [3.63, 3.8) is 0 Å². The molecule has 1 amide bonds. The maximum Gasteiger partial charge on any atom is 0.387 e. The van der Waals surface area contributed by atoms with E-state index in [9.17, 15) is 13.6 Å². The summed E-state index contributed by atoms with van der Waals surface area (Å²) < 4.78 is 34.2. The lowest BCUT2D eigenvalue weighted by Gasteiger charge is -2.23. The van der Waals surface area contributed by atoms with Gasteiger partial charge in [-0.3, -0.25) is 9.78 Å². The molecule has 0 atom stereocenters. The van der Waals surface area contributed by atoms with Crippen molar-refractivity contribution >= 4 is 28.4 Å². The van der Waals surface area contributed by atoms with Crippen molar-refractivity contribution in [2.45, 2.75) is 25.5 Å². The Labute approximate surface area is 141 Å². The number of aromatic nitrogens is 1. The van der Waals surface area contributed by atoms with Crippen molar-refractivity contribution in [1.82, 2.24) is 10.3 Å². The Morgan fingerprint density at radius 2 is 2.08 bits per heavy atom. The molecule has 8 heteroatoms. The molecule has 0 bridgehead atoms. The average molecular weight is 357 g/mol. The number of hydrogen-bond acceptors (Lipinski definition) is 4. The predicted octanol–water partition coefficient (Wildman–Crippen LogP) is 3.40. The van der Waals surface area contributed by atoms with Crippen molar-refractivity contribution in [3.05, 3.63) is 35.0 Å². The number of rotatable bonds is 4. The maximum atomic E-state index is 12.3. The van der Waals surface area contributed by atoms with Crippen LogP contribution in [0.3, 0.4) is 0 Å². The number of ether oxygens (including phenoxy) is 2. The minimum atomic E-state index is -2.97. The zero-order valence-electron chi connectivity index (χ0n) is 12.6. The standard InChI is InChI=1S/C16H15ClF2N2O3/c17-12-6-9-5-10(15(22)21-11-1-3-23-4-2-11)8-20-13(9)7-14(12)24-16(18)19/h5-8,11,16H,1-4H2,(H,21,22). The van der Waals surface area contributed by atoms with Crippen molar-refractivity contribution in [2.24, 2.45) is 0 Å². The second-order valence-corrected chi connectivity index (χ2v) is 5.85. The lowest BCUT2D eigenvalue weighted by Crippen LogP contribution is -2.38.